The first-order chi connectivity index (χ1) is 11.7. The summed E-state index contributed by atoms with van der Waals surface area (Å²) in [5, 5.41) is 27.9. The number of ether oxygens (including phenoxy) is 1. The quantitative estimate of drug-likeness (QED) is 0.241. The minimum atomic E-state index is -0.471. The molecular formula is C19H41O4P. The van der Waals surface area contributed by atoms with Crippen LogP contribution in [0.5, 0.6) is 0 Å². The fraction of sp³-hybridized carbons (Fsp3) is 1.00. The molecule has 0 bridgehead atoms. The summed E-state index contributed by atoms with van der Waals surface area (Å²) in [6.07, 6.45) is 14.7. The minimum absolute atomic E-state index is 0.137. The molecule has 5 heteroatoms. The van der Waals surface area contributed by atoms with Gasteiger partial charge in [0.05, 0.1) is 12.7 Å². The monoisotopic (exact) mass is 364 g/mol. The first-order valence-electron chi connectivity index (χ1n) is 9.94. The van der Waals surface area contributed by atoms with Crippen molar-refractivity contribution >= 4 is 7.92 Å². The number of unbranched alkanes of at least 4 members (excludes halogenated alkanes) is 9. The molecule has 0 aliphatic rings. The van der Waals surface area contributed by atoms with Crippen LogP contribution in [0.1, 0.15) is 71.1 Å². The van der Waals surface area contributed by atoms with E-state index in [1.165, 1.54) is 57.8 Å². The molecule has 24 heavy (non-hydrogen) atoms. The highest BCUT2D eigenvalue weighted by Gasteiger charge is 2.13. The van der Waals surface area contributed by atoms with Crippen molar-refractivity contribution in [2.75, 3.05) is 44.9 Å². The van der Waals surface area contributed by atoms with Gasteiger partial charge in [-0.05, 0) is 24.9 Å². The van der Waals surface area contributed by atoms with Crippen LogP contribution in [0.15, 0.2) is 0 Å². The maximum atomic E-state index is 9.96. The maximum Gasteiger partial charge on any atom is 0.0812 e. The normalized spacial score (nSPS) is 12.9. The summed E-state index contributed by atoms with van der Waals surface area (Å²) in [5.74, 6) is 0. The van der Waals surface area contributed by atoms with Gasteiger partial charge in [0.2, 0.25) is 0 Å². The largest absolute Gasteiger partial charge is 0.396 e. The van der Waals surface area contributed by atoms with Crippen LogP contribution < -0.4 is 0 Å². The van der Waals surface area contributed by atoms with E-state index < -0.39 is 14.0 Å². The second-order valence-corrected chi connectivity index (χ2v) is 9.26. The fourth-order valence-electron chi connectivity index (χ4n) is 2.84. The van der Waals surface area contributed by atoms with E-state index in [0.717, 1.165) is 13.0 Å². The molecule has 0 aliphatic carbocycles. The minimum Gasteiger partial charge on any atom is -0.396 e. The molecule has 0 aromatic carbocycles. The molecule has 4 nitrogen and oxygen atoms in total. The van der Waals surface area contributed by atoms with Gasteiger partial charge in [-0.15, -0.1) is 0 Å². The van der Waals surface area contributed by atoms with Gasteiger partial charge in [-0.25, -0.2) is 0 Å². The van der Waals surface area contributed by atoms with E-state index in [-0.39, 0.29) is 13.2 Å². The Labute approximate surface area is 150 Å². The molecule has 1 atom stereocenters. The summed E-state index contributed by atoms with van der Waals surface area (Å²) in [6.45, 7) is 3.64. The summed E-state index contributed by atoms with van der Waals surface area (Å²) < 4.78 is 5.56. The average Bonchev–Trinajstić information content (AvgIpc) is 2.56. The third kappa shape index (κ3) is 17.1. The Bertz CT molecular complexity index is 235. The van der Waals surface area contributed by atoms with E-state index in [4.69, 9.17) is 14.9 Å². The Kier molecular flexibility index (Phi) is 19.8. The van der Waals surface area contributed by atoms with E-state index in [1.54, 1.807) is 0 Å². The van der Waals surface area contributed by atoms with Crippen LogP contribution >= 0.6 is 7.92 Å². The lowest BCUT2D eigenvalue weighted by molar-refractivity contribution is 0.0462. The molecule has 0 rings (SSSR count). The Balaban J connectivity index is 3.33. The van der Waals surface area contributed by atoms with Crippen LogP contribution in [0, 0.1) is 0 Å². The lowest BCUT2D eigenvalue weighted by Crippen LogP contribution is -2.21. The molecule has 0 saturated heterocycles. The highest BCUT2D eigenvalue weighted by atomic mass is 31.1. The number of aliphatic hydroxyl groups is 3. The standard InChI is InChI=1S/C19H41O4P/c1-2-3-4-5-6-7-8-9-10-11-14-23-17-19(22)18-24(15-12-20)16-13-21/h19-22H,2-18H2,1H3. The summed E-state index contributed by atoms with van der Waals surface area (Å²) in [4.78, 5) is 0. The highest BCUT2D eigenvalue weighted by molar-refractivity contribution is 7.57. The molecule has 0 aromatic heterocycles. The lowest BCUT2D eigenvalue weighted by Gasteiger charge is -2.19. The van der Waals surface area contributed by atoms with Crippen LogP contribution in [-0.4, -0.2) is 66.3 Å². The molecule has 0 fully saturated rings. The highest BCUT2D eigenvalue weighted by Crippen LogP contribution is 2.34. The predicted molar refractivity (Wildman–Crippen MR) is 104 cm³/mol. The van der Waals surface area contributed by atoms with Crippen molar-refractivity contribution in [3.63, 3.8) is 0 Å². The van der Waals surface area contributed by atoms with Crippen LogP contribution in [0.2, 0.25) is 0 Å². The molecule has 0 saturated carbocycles. The zero-order valence-corrected chi connectivity index (χ0v) is 16.7. The van der Waals surface area contributed by atoms with Crippen LogP contribution in [-0.2, 0) is 4.74 Å². The van der Waals surface area contributed by atoms with Crippen LogP contribution in [0.25, 0.3) is 0 Å². The molecule has 0 heterocycles. The second-order valence-electron chi connectivity index (χ2n) is 6.66. The van der Waals surface area contributed by atoms with E-state index in [1.807, 2.05) is 0 Å². The first kappa shape index (κ1) is 24.3. The second kappa shape index (κ2) is 19.6. The number of rotatable bonds is 19. The molecule has 1 unspecified atom stereocenters. The third-order valence-corrected chi connectivity index (χ3v) is 6.86. The molecule has 3 N–H and O–H groups in total. The fourth-order valence-corrected chi connectivity index (χ4v) is 4.69. The number of aliphatic hydroxyl groups excluding tert-OH is 3. The predicted octanol–water partition coefficient (Wildman–Crippen LogP) is 3.75. The molecule has 146 valence electrons. The van der Waals surface area contributed by atoms with Crippen molar-refractivity contribution in [2.45, 2.75) is 77.2 Å². The zero-order chi connectivity index (χ0) is 17.9. The van der Waals surface area contributed by atoms with E-state index in [9.17, 15) is 5.11 Å². The van der Waals surface area contributed by atoms with Crippen molar-refractivity contribution in [2.24, 2.45) is 0 Å². The van der Waals surface area contributed by atoms with Crippen LogP contribution in [0.3, 0.4) is 0 Å². The maximum absolute atomic E-state index is 9.96. The molecule has 0 spiro atoms. The van der Waals surface area contributed by atoms with Gasteiger partial charge in [-0.2, -0.15) is 0 Å². The topological polar surface area (TPSA) is 69.9 Å². The van der Waals surface area contributed by atoms with Gasteiger partial charge in [0, 0.05) is 19.8 Å². The van der Waals surface area contributed by atoms with Crippen LogP contribution in [0.4, 0.5) is 0 Å². The van der Waals surface area contributed by atoms with Gasteiger partial charge in [0.15, 0.2) is 0 Å². The Hall–Kier alpha value is 0.270. The molecule has 0 amide bonds. The molecular weight excluding hydrogens is 323 g/mol. The number of hydrogen-bond acceptors (Lipinski definition) is 4. The Morgan fingerprint density at radius 2 is 1.29 bits per heavy atom. The van der Waals surface area contributed by atoms with Crippen molar-refractivity contribution in [3.8, 4) is 0 Å². The van der Waals surface area contributed by atoms with Gasteiger partial charge in [0.25, 0.3) is 0 Å². The van der Waals surface area contributed by atoms with Gasteiger partial charge in [-0.3, -0.25) is 0 Å². The van der Waals surface area contributed by atoms with E-state index >= 15 is 0 Å². The molecule has 0 aromatic rings. The SMILES string of the molecule is CCCCCCCCCCCCOCC(O)CP(CCO)CCO. The van der Waals surface area contributed by atoms with E-state index in [2.05, 4.69) is 6.92 Å². The summed E-state index contributed by atoms with van der Waals surface area (Å²) in [7, 11) is -0.471. The van der Waals surface area contributed by atoms with Gasteiger partial charge >= 0.3 is 0 Å². The van der Waals surface area contributed by atoms with Crippen molar-refractivity contribution in [3.05, 3.63) is 0 Å². The van der Waals surface area contributed by atoms with Crippen molar-refractivity contribution in [1.29, 1.82) is 0 Å². The molecule has 0 aliphatic heterocycles. The first-order valence-corrected chi connectivity index (χ1v) is 11.8. The van der Waals surface area contributed by atoms with Crippen molar-refractivity contribution < 1.29 is 20.1 Å². The Morgan fingerprint density at radius 3 is 1.79 bits per heavy atom. The summed E-state index contributed by atoms with van der Waals surface area (Å²) >= 11 is 0. The van der Waals surface area contributed by atoms with Gasteiger partial charge in [-0.1, -0.05) is 72.6 Å². The van der Waals surface area contributed by atoms with Gasteiger partial charge in [0.1, 0.15) is 0 Å². The third-order valence-electron chi connectivity index (χ3n) is 4.25. The summed E-state index contributed by atoms with van der Waals surface area (Å²) in [6, 6.07) is 0. The number of hydrogen-bond donors (Lipinski definition) is 3. The smallest absolute Gasteiger partial charge is 0.0812 e. The zero-order valence-electron chi connectivity index (χ0n) is 15.8. The average molecular weight is 365 g/mol. The molecule has 0 radical (unpaired) electrons. The summed E-state index contributed by atoms with van der Waals surface area (Å²) in [5.41, 5.74) is 0. The lowest BCUT2D eigenvalue weighted by atomic mass is 10.1. The van der Waals surface area contributed by atoms with Gasteiger partial charge < -0.3 is 20.1 Å². The Morgan fingerprint density at radius 1 is 0.792 bits per heavy atom. The van der Waals surface area contributed by atoms with E-state index in [0.29, 0.717) is 25.1 Å². The van der Waals surface area contributed by atoms with Crippen molar-refractivity contribution in [1.82, 2.24) is 0 Å².